The van der Waals surface area contributed by atoms with E-state index in [1.54, 1.807) is 13.0 Å². The number of hydrogen-bond acceptors (Lipinski definition) is 3. The molecule has 0 bridgehead atoms. The molecule has 4 nitrogen and oxygen atoms in total. The number of halogens is 1. The minimum Gasteiger partial charge on any atom is -0.377 e. The molecular weight excluding hydrogens is 283 g/mol. The van der Waals surface area contributed by atoms with E-state index in [9.17, 15) is 9.18 Å². The topological polar surface area (TPSA) is 64.4 Å². The van der Waals surface area contributed by atoms with Crippen LogP contribution < -0.4 is 11.1 Å². The van der Waals surface area contributed by atoms with Crippen molar-refractivity contribution < 1.29 is 13.9 Å². The minimum atomic E-state index is -0.988. The smallest absolute Gasteiger partial charge is 0.245 e. The van der Waals surface area contributed by atoms with Crippen molar-refractivity contribution in [2.45, 2.75) is 45.3 Å². The van der Waals surface area contributed by atoms with E-state index < -0.39 is 11.0 Å². The summed E-state index contributed by atoms with van der Waals surface area (Å²) < 4.78 is 19.3. The van der Waals surface area contributed by atoms with Gasteiger partial charge in [-0.1, -0.05) is 13.8 Å². The number of nitrogens with two attached hydrogens (primary N) is 1. The highest BCUT2D eigenvalue weighted by Gasteiger charge is 2.70. The zero-order chi connectivity index (χ0) is 16.1. The van der Waals surface area contributed by atoms with E-state index in [0.717, 1.165) is 25.0 Å². The van der Waals surface area contributed by atoms with Gasteiger partial charge < -0.3 is 15.8 Å². The van der Waals surface area contributed by atoms with Gasteiger partial charge in [0.05, 0.1) is 6.10 Å². The summed E-state index contributed by atoms with van der Waals surface area (Å²) in [6.07, 6.45) is 1.83. The minimum absolute atomic E-state index is 0.0194. The highest BCUT2D eigenvalue weighted by atomic mass is 19.1. The molecule has 1 amide bonds. The fourth-order valence-electron chi connectivity index (χ4n) is 4.08. The van der Waals surface area contributed by atoms with Gasteiger partial charge in [0.15, 0.2) is 0 Å². The molecule has 3 atom stereocenters. The molecule has 2 aliphatic rings. The van der Waals surface area contributed by atoms with Gasteiger partial charge in [-0.05, 0) is 43.5 Å². The molecule has 5 heteroatoms. The highest BCUT2D eigenvalue weighted by molar-refractivity contribution is 6.00. The van der Waals surface area contributed by atoms with E-state index in [1.807, 2.05) is 13.8 Å². The summed E-state index contributed by atoms with van der Waals surface area (Å²) >= 11 is 0. The number of aryl methyl sites for hydroxylation is 1. The van der Waals surface area contributed by atoms with Gasteiger partial charge in [-0.15, -0.1) is 0 Å². The summed E-state index contributed by atoms with van der Waals surface area (Å²) in [6, 6.07) is 4.48. The molecular formula is C17H23FN2O2. The second-order valence-corrected chi connectivity index (χ2v) is 7.10. The predicted octanol–water partition coefficient (Wildman–Crippen LogP) is 2.61. The maximum Gasteiger partial charge on any atom is 0.245 e. The normalized spacial score (nSPS) is 32.8. The lowest BCUT2D eigenvalue weighted by molar-refractivity contribution is -0.222. The van der Waals surface area contributed by atoms with Crippen molar-refractivity contribution in [1.82, 2.24) is 0 Å². The lowest BCUT2D eigenvalue weighted by Gasteiger charge is -2.65. The Morgan fingerprint density at radius 1 is 1.41 bits per heavy atom. The van der Waals surface area contributed by atoms with E-state index in [2.05, 4.69) is 5.32 Å². The first-order chi connectivity index (χ1) is 10.3. The van der Waals surface area contributed by atoms with Gasteiger partial charge in [0.25, 0.3) is 0 Å². The maximum atomic E-state index is 13.5. The fraction of sp³-hybridized carbons (Fsp3) is 0.588. The van der Waals surface area contributed by atoms with Crippen LogP contribution in [0, 0.1) is 24.1 Å². The van der Waals surface area contributed by atoms with Gasteiger partial charge in [-0.2, -0.15) is 0 Å². The van der Waals surface area contributed by atoms with Crippen LogP contribution in [0.15, 0.2) is 18.2 Å². The summed E-state index contributed by atoms with van der Waals surface area (Å²) in [7, 11) is 0. The third-order valence-corrected chi connectivity index (χ3v) is 5.36. The zero-order valence-electron chi connectivity index (χ0n) is 13.3. The van der Waals surface area contributed by atoms with Crippen molar-refractivity contribution in [1.29, 1.82) is 0 Å². The lowest BCUT2D eigenvalue weighted by atomic mass is 9.46. The first-order valence-corrected chi connectivity index (χ1v) is 7.76. The molecule has 1 saturated carbocycles. The van der Waals surface area contributed by atoms with Gasteiger partial charge >= 0.3 is 0 Å². The fourth-order valence-corrected chi connectivity index (χ4v) is 4.08. The van der Waals surface area contributed by atoms with Crippen molar-refractivity contribution in [2.24, 2.45) is 17.1 Å². The SMILES string of the molecule is Cc1cc(F)cc(NC(=O)C2(N)C3CCCOC3C2(C)C)c1. The Kier molecular flexibility index (Phi) is 3.53. The molecule has 1 heterocycles. The second-order valence-electron chi connectivity index (χ2n) is 7.10. The number of fused-ring (bicyclic) bond motifs is 1. The molecule has 2 fully saturated rings. The number of hydrogen-bond donors (Lipinski definition) is 2. The Balaban J connectivity index is 1.84. The summed E-state index contributed by atoms with van der Waals surface area (Å²) in [5.74, 6) is -0.603. The third-order valence-electron chi connectivity index (χ3n) is 5.36. The standard InChI is InChI=1S/C17H23FN2O2/c1-10-7-11(18)9-12(8-10)20-15(21)17(19)13-5-4-6-22-14(13)16(17,2)3/h7-9,13-14H,4-6,19H2,1-3H3,(H,20,21). The predicted molar refractivity (Wildman–Crippen MR) is 82.9 cm³/mol. The van der Waals surface area contributed by atoms with Gasteiger partial charge in [0, 0.05) is 23.6 Å². The molecule has 0 aromatic heterocycles. The Hall–Kier alpha value is -1.46. The molecule has 120 valence electrons. The molecule has 1 aromatic rings. The van der Waals surface area contributed by atoms with E-state index in [1.165, 1.54) is 12.1 Å². The van der Waals surface area contributed by atoms with Gasteiger partial charge in [0.2, 0.25) is 5.91 Å². The van der Waals surface area contributed by atoms with Crippen LogP contribution in [0.5, 0.6) is 0 Å². The third kappa shape index (κ3) is 2.07. The lowest BCUT2D eigenvalue weighted by Crippen LogP contribution is -2.81. The summed E-state index contributed by atoms with van der Waals surface area (Å²) in [5.41, 5.74) is 6.29. The van der Waals surface area contributed by atoms with Crippen LogP contribution >= 0.6 is 0 Å². The Labute approximate surface area is 130 Å². The Morgan fingerprint density at radius 3 is 2.82 bits per heavy atom. The van der Waals surface area contributed by atoms with Crippen molar-refractivity contribution in [3.05, 3.63) is 29.6 Å². The van der Waals surface area contributed by atoms with Crippen LogP contribution in [-0.4, -0.2) is 24.2 Å². The van der Waals surface area contributed by atoms with E-state index >= 15 is 0 Å². The number of nitrogens with one attached hydrogen (secondary N) is 1. The van der Waals surface area contributed by atoms with Crippen molar-refractivity contribution in [3.8, 4) is 0 Å². The molecule has 3 unspecified atom stereocenters. The zero-order valence-corrected chi connectivity index (χ0v) is 13.3. The molecule has 1 aromatic carbocycles. The number of anilines is 1. The Morgan fingerprint density at radius 2 is 2.14 bits per heavy atom. The van der Waals surface area contributed by atoms with Crippen LogP contribution in [0.2, 0.25) is 0 Å². The average molecular weight is 306 g/mol. The van der Waals surface area contributed by atoms with Crippen LogP contribution in [0.3, 0.4) is 0 Å². The molecule has 3 N–H and O–H groups in total. The van der Waals surface area contributed by atoms with Crippen LogP contribution in [0.4, 0.5) is 10.1 Å². The highest BCUT2D eigenvalue weighted by Crippen LogP contribution is 2.57. The largest absolute Gasteiger partial charge is 0.377 e. The molecule has 1 aliphatic carbocycles. The van der Waals surface area contributed by atoms with Crippen molar-refractivity contribution in [3.63, 3.8) is 0 Å². The van der Waals surface area contributed by atoms with E-state index in [0.29, 0.717) is 5.69 Å². The first-order valence-electron chi connectivity index (χ1n) is 7.76. The van der Waals surface area contributed by atoms with Gasteiger partial charge in [-0.25, -0.2) is 4.39 Å². The number of carbonyl (C=O) groups excluding carboxylic acids is 1. The summed E-state index contributed by atoms with van der Waals surface area (Å²) in [5, 5.41) is 2.80. The monoisotopic (exact) mass is 306 g/mol. The maximum absolute atomic E-state index is 13.5. The molecule has 1 aliphatic heterocycles. The molecule has 0 radical (unpaired) electrons. The number of carbonyl (C=O) groups is 1. The van der Waals surface area contributed by atoms with E-state index in [4.69, 9.17) is 10.5 Å². The van der Waals surface area contributed by atoms with Gasteiger partial charge in [-0.3, -0.25) is 4.79 Å². The first kappa shape index (κ1) is 15.4. The van der Waals surface area contributed by atoms with Crippen LogP contribution in [-0.2, 0) is 9.53 Å². The molecule has 0 spiro atoms. The van der Waals surface area contributed by atoms with E-state index in [-0.39, 0.29) is 23.7 Å². The summed E-state index contributed by atoms with van der Waals surface area (Å²) in [4.78, 5) is 12.8. The van der Waals surface area contributed by atoms with Crippen LogP contribution in [0.1, 0.15) is 32.3 Å². The average Bonchev–Trinajstić information content (AvgIpc) is 2.45. The number of rotatable bonds is 2. The summed E-state index contributed by atoms with van der Waals surface area (Å²) in [6.45, 7) is 6.45. The van der Waals surface area contributed by atoms with Crippen molar-refractivity contribution >= 4 is 11.6 Å². The number of ether oxygens (including phenoxy) is 1. The second kappa shape index (κ2) is 5.03. The quantitative estimate of drug-likeness (QED) is 0.883. The molecule has 3 rings (SSSR count). The number of benzene rings is 1. The van der Waals surface area contributed by atoms with Gasteiger partial charge in [0.1, 0.15) is 11.4 Å². The number of amides is 1. The molecule has 22 heavy (non-hydrogen) atoms. The molecule has 1 saturated heterocycles. The Bertz CT molecular complexity index is 596. The van der Waals surface area contributed by atoms with Crippen molar-refractivity contribution in [2.75, 3.05) is 11.9 Å². The van der Waals surface area contributed by atoms with Crippen LogP contribution in [0.25, 0.3) is 0 Å².